The molecule has 1 fully saturated rings. The molecule has 0 radical (unpaired) electrons. The fourth-order valence-electron chi connectivity index (χ4n) is 2.08. The molecule has 0 spiro atoms. The Labute approximate surface area is 95.2 Å². The minimum Gasteiger partial charge on any atom is -0.354 e. The number of amides is 1. The molecule has 0 aliphatic carbocycles. The summed E-state index contributed by atoms with van der Waals surface area (Å²) in [4.78, 5) is 15.8. The van der Waals surface area contributed by atoms with Gasteiger partial charge in [-0.15, -0.1) is 0 Å². The molecule has 5 nitrogen and oxygen atoms in total. The molecule has 2 atom stereocenters. The van der Waals surface area contributed by atoms with Crippen molar-refractivity contribution in [1.82, 2.24) is 20.2 Å². The number of carbonyl (C=O) groups excluding carboxylic acids is 1. The second-order valence-electron chi connectivity index (χ2n) is 4.23. The first kappa shape index (κ1) is 11.1. The fourth-order valence-corrected chi connectivity index (χ4v) is 2.08. The van der Waals surface area contributed by atoms with E-state index in [-0.39, 0.29) is 11.8 Å². The average molecular weight is 222 g/mol. The van der Waals surface area contributed by atoms with Crippen molar-refractivity contribution in [3.8, 4) is 0 Å². The maximum absolute atomic E-state index is 11.8. The van der Waals surface area contributed by atoms with Gasteiger partial charge in [0.2, 0.25) is 5.91 Å². The van der Waals surface area contributed by atoms with Gasteiger partial charge in [-0.1, -0.05) is 0 Å². The second-order valence-corrected chi connectivity index (χ2v) is 4.23. The Morgan fingerprint density at radius 3 is 3.19 bits per heavy atom. The number of nitrogens with zero attached hydrogens (tertiary/aromatic N) is 2. The van der Waals surface area contributed by atoms with Crippen LogP contribution in [-0.4, -0.2) is 34.6 Å². The summed E-state index contributed by atoms with van der Waals surface area (Å²) >= 11 is 0. The largest absolute Gasteiger partial charge is 0.354 e. The molecule has 0 aromatic carbocycles. The Hall–Kier alpha value is -1.36. The van der Waals surface area contributed by atoms with E-state index < -0.39 is 0 Å². The number of imidazole rings is 1. The lowest BCUT2D eigenvalue weighted by atomic mass is 10.0. The van der Waals surface area contributed by atoms with Crippen molar-refractivity contribution in [1.29, 1.82) is 0 Å². The number of rotatable bonds is 4. The van der Waals surface area contributed by atoms with E-state index in [1.807, 2.05) is 10.8 Å². The molecule has 1 aromatic rings. The lowest BCUT2D eigenvalue weighted by Gasteiger charge is -2.14. The first-order valence-electron chi connectivity index (χ1n) is 5.74. The summed E-state index contributed by atoms with van der Waals surface area (Å²) in [6.07, 6.45) is 6.33. The highest BCUT2D eigenvalue weighted by molar-refractivity contribution is 5.79. The van der Waals surface area contributed by atoms with Crippen LogP contribution in [-0.2, 0) is 11.3 Å². The highest BCUT2D eigenvalue weighted by Gasteiger charge is 2.28. The summed E-state index contributed by atoms with van der Waals surface area (Å²) in [5.41, 5.74) is 0. The highest BCUT2D eigenvalue weighted by Crippen LogP contribution is 2.14. The molecule has 1 aliphatic rings. The molecule has 2 rings (SSSR count). The van der Waals surface area contributed by atoms with Crippen molar-refractivity contribution in [2.24, 2.45) is 5.92 Å². The molecule has 2 N–H and O–H groups in total. The van der Waals surface area contributed by atoms with Crippen LogP contribution >= 0.6 is 0 Å². The minimum absolute atomic E-state index is 0.128. The quantitative estimate of drug-likeness (QED) is 0.753. The zero-order valence-electron chi connectivity index (χ0n) is 9.52. The number of aromatic nitrogens is 2. The number of carbonyl (C=O) groups is 1. The summed E-state index contributed by atoms with van der Waals surface area (Å²) in [6.45, 7) is 4.45. The molecule has 1 amide bonds. The molecular weight excluding hydrogens is 204 g/mol. The molecule has 5 heteroatoms. The Bertz CT molecular complexity index is 336. The van der Waals surface area contributed by atoms with Gasteiger partial charge in [0.25, 0.3) is 0 Å². The average Bonchev–Trinajstić information content (AvgIpc) is 2.88. The van der Waals surface area contributed by atoms with Gasteiger partial charge < -0.3 is 15.2 Å². The van der Waals surface area contributed by atoms with E-state index in [1.165, 1.54) is 0 Å². The Kier molecular flexibility index (Phi) is 3.56. The second kappa shape index (κ2) is 5.12. The summed E-state index contributed by atoms with van der Waals surface area (Å²) in [5, 5.41) is 6.24. The van der Waals surface area contributed by atoms with E-state index in [9.17, 15) is 4.79 Å². The van der Waals surface area contributed by atoms with Gasteiger partial charge in [-0.2, -0.15) is 0 Å². The zero-order chi connectivity index (χ0) is 11.4. The molecule has 88 valence electrons. The molecule has 1 aromatic heterocycles. The van der Waals surface area contributed by atoms with Crippen LogP contribution < -0.4 is 10.6 Å². The van der Waals surface area contributed by atoms with Gasteiger partial charge in [0.1, 0.15) is 0 Å². The maximum Gasteiger partial charge on any atom is 0.224 e. The van der Waals surface area contributed by atoms with E-state index in [0.717, 1.165) is 19.5 Å². The van der Waals surface area contributed by atoms with Crippen LogP contribution in [0.2, 0.25) is 0 Å². The standard InChI is InChI=1S/C11H18N4O/c1-9-10(2-3-13-9)11(16)14-5-7-15-6-4-12-8-15/h4,6,8-10,13H,2-3,5,7H2,1H3,(H,14,16). The third kappa shape index (κ3) is 2.61. The van der Waals surface area contributed by atoms with Crippen molar-refractivity contribution < 1.29 is 4.79 Å². The minimum atomic E-state index is 0.128. The van der Waals surface area contributed by atoms with Crippen molar-refractivity contribution in [3.05, 3.63) is 18.7 Å². The van der Waals surface area contributed by atoms with Crippen molar-refractivity contribution in [2.45, 2.75) is 25.9 Å². The Morgan fingerprint density at radius 2 is 2.56 bits per heavy atom. The fraction of sp³-hybridized carbons (Fsp3) is 0.636. The summed E-state index contributed by atoms with van der Waals surface area (Å²) in [5.74, 6) is 0.292. The van der Waals surface area contributed by atoms with Crippen LogP contribution in [0.3, 0.4) is 0 Å². The predicted molar refractivity (Wildman–Crippen MR) is 60.8 cm³/mol. The molecule has 16 heavy (non-hydrogen) atoms. The van der Waals surface area contributed by atoms with Crippen LogP contribution in [0.5, 0.6) is 0 Å². The lowest BCUT2D eigenvalue weighted by molar-refractivity contribution is -0.125. The molecule has 1 saturated heterocycles. The number of hydrogen-bond donors (Lipinski definition) is 2. The van der Waals surface area contributed by atoms with Crippen LogP contribution in [0.25, 0.3) is 0 Å². The van der Waals surface area contributed by atoms with Gasteiger partial charge in [-0.05, 0) is 19.9 Å². The smallest absolute Gasteiger partial charge is 0.224 e. The zero-order valence-corrected chi connectivity index (χ0v) is 9.52. The van der Waals surface area contributed by atoms with E-state index >= 15 is 0 Å². The molecule has 2 unspecified atom stereocenters. The van der Waals surface area contributed by atoms with E-state index in [2.05, 4.69) is 22.5 Å². The highest BCUT2D eigenvalue weighted by atomic mass is 16.1. The summed E-state index contributed by atoms with van der Waals surface area (Å²) in [7, 11) is 0. The van der Waals surface area contributed by atoms with Gasteiger partial charge >= 0.3 is 0 Å². The van der Waals surface area contributed by atoms with Gasteiger partial charge in [0, 0.05) is 31.5 Å². The monoisotopic (exact) mass is 222 g/mol. The third-order valence-electron chi connectivity index (χ3n) is 3.09. The van der Waals surface area contributed by atoms with Gasteiger partial charge in [-0.25, -0.2) is 4.98 Å². The van der Waals surface area contributed by atoms with Gasteiger partial charge in [0.15, 0.2) is 0 Å². The van der Waals surface area contributed by atoms with Crippen LogP contribution in [0.1, 0.15) is 13.3 Å². The van der Waals surface area contributed by atoms with Crippen LogP contribution in [0.4, 0.5) is 0 Å². The lowest BCUT2D eigenvalue weighted by Crippen LogP contribution is -2.37. The molecule has 1 aliphatic heterocycles. The molecule has 2 heterocycles. The summed E-state index contributed by atoms with van der Waals surface area (Å²) in [6, 6.07) is 0.299. The SMILES string of the molecule is CC1NCCC1C(=O)NCCn1ccnc1. The Balaban J connectivity index is 1.71. The number of nitrogens with one attached hydrogen (secondary N) is 2. The molecule has 0 saturated carbocycles. The van der Waals surface area contributed by atoms with E-state index in [1.54, 1.807) is 12.5 Å². The van der Waals surface area contributed by atoms with Crippen LogP contribution in [0.15, 0.2) is 18.7 Å². The van der Waals surface area contributed by atoms with Crippen LogP contribution in [0, 0.1) is 5.92 Å². The maximum atomic E-state index is 11.8. The third-order valence-corrected chi connectivity index (χ3v) is 3.09. The Morgan fingerprint density at radius 1 is 1.69 bits per heavy atom. The van der Waals surface area contributed by atoms with Crippen molar-refractivity contribution in [2.75, 3.05) is 13.1 Å². The summed E-state index contributed by atoms with van der Waals surface area (Å²) < 4.78 is 1.95. The van der Waals surface area contributed by atoms with Gasteiger partial charge in [0.05, 0.1) is 12.2 Å². The van der Waals surface area contributed by atoms with Gasteiger partial charge in [-0.3, -0.25) is 4.79 Å². The normalized spacial score (nSPS) is 24.6. The number of hydrogen-bond acceptors (Lipinski definition) is 3. The topological polar surface area (TPSA) is 59.0 Å². The van der Waals surface area contributed by atoms with E-state index in [0.29, 0.717) is 12.6 Å². The molecule has 0 bridgehead atoms. The first-order valence-corrected chi connectivity index (χ1v) is 5.74. The van der Waals surface area contributed by atoms with Crippen molar-refractivity contribution >= 4 is 5.91 Å². The predicted octanol–water partition coefficient (Wildman–Crippen LogP) is -0.00270. The molecular formula is C11H18N4O. The van der Waals surface area contributed by atoms with Crippen molar-refractivity contribution in [3.63, 3.8) is 0 Å². The van der Waals surface area contributed by atoms with E-state index in [4.69, 9.17) is 0 Å². The first-order chi connectivity index (χ1) is 7.77.